The van der Waals surface area contributed by atoms with Crippen molar-refractivity contribution in [2.45, 2.75) is 6.92 Å². The first-order valence-electron chi connectivity index (χ1n) is 6.59. The van der Waals surface area contributed by atoms with Crippen molar-refractivity contribution in [1.29, 1.82) is 0 Å². The van der Waals surface area contributed by atoms with Crippen LogP contribution in [0.4, 0.5) is 15.8 Å². The maximum Gasteiger partial charge on any atom is 0.262 e. The molecule has 2 amide bonds. The molecule has 6 heteroatoms. The summed E-state index contributed by atoms with van der Waals surface area (Å²) in [5.41, 5.74) is 1.18. The first kappa shape index (κ1) is 15.5. The third-order valence-electron chi connectivity index (χ3n) is 2.68. The van der Waals surface area contributed by atoms with E-state index in [1.54, 1.807) is 36.4 Å². The number of carbonyl (C=O) groups is 2. The lowest BCUT2D eigenvalue weighted by atomic mass is 10.2. The Kier molecular flexibility index (Phi) is 5.08. The second kappa shape index (κ2) is 7.21. The van der Waals surface area contributed by atoms with Gasteiger partial charge in [0, 0.05) is 18.3 Å². The Bertz CT molecular complexity index is 671. The van der Waals surface area contributed by atoms with Gasteiger partial charge in [0.25, 0.3) is 5.91 Å². The second-order valence-corrected chi connectivity index (χ2v) is 4.53. The molecule has 0 heterocycles. The van der Waals surface area contributed by atoms with E-state index >= 15 is 0 Å². The Labute approximate surface area is 127 Å². The van der Waals surface area contributed by atoms with Crippen molar-refractivity contribution < 1.29 is 18.7 Å². The lowest BCUT2D eigenvalue weighted by molar-refractivity contribution is -0.118. The van der Waals surface area contributed by atoms with Crippen LogP contribution in [-0.4, -0.2) is 18.4 Å². The highest BCUT2D eigenvalue weighted by atomic mass is 19.1. The third-order valence-corrected chi connectivity index (χ3v) is 2.68. The van der Waals surface area contributed by atoms with Crippen LogP contribution in [0, 0.1) is 5.82 Å². The van der Waals surface area contributed by atoms with Crippen molar-refractivity contribution >= 4 is 23.2 Å². The van der Waals surface area contributed by atoms with E-state index in [0.717, 1.165) is 0 Å². The van der Waals surface area contributed by atoms with Gasteiger partial charge in [-0.05, 0) is 36.4 Å². The fraction of sp³-hybridized carbons (Fsp3) is 0.125. The zero-order chi connectivity index (χ0) is 15.9. The molecular weight excluding hydrogens is 287 g/mol. The van der Waals surface area contributed by atoms with Crippen LogP contribution in [0.5, 0.6) is 5.75 Å². The average Bonchev–Trinajstić information content (AvgIpc) is 2.48. The normalized spacial score (nSPS) is 9.91. The maximum absolute atomic E-state index is 13.3. The van der Waals surface area contributed by atoms with E-state index in [1.165, 1.54) is 19.1 Å². The highest BCUT2D eigenvalue weighted by Crippen LogP contribution is 2.16. The van der Waals surface area contributed by atoms with Gasteiger partial charge in [0.2, 0.25) is 5.91 Å². The lowest BCUT2D eigenvalue weighted by Gasteiger charge is -2.09. The largest absolute Gasteiger partial charge is 0.481 e. The van der Waals surface area contributed by atoms with Gasteiger partial charge in [-0.25, -0.2) is 4.39 Å². The van der Waals surface area contributed by atoms with Crippen molar-refractivity contribution in [3.05, 3.63) is 54.3 Å². The zero-order valence-electron chi connectivity index (χ0n) is 11.9. The second-order valence-electron chi connectivity index (χ2n) is 4.53. The van der Waals surface area contributed by atoms with E-state index in [-0.39, 0.29) is 18.3 Å². The maximum atomic E-state index is 13.3. The fourth-order valence-corrected chi connectivity index (χ4v) is 1.74. The molecule has 0 saturated heterocycles. The molecule has 22 heavy (non-hydrogen) atoms. The molecule has 0 bridgehead atoms. The Balaban J connectivity index is 1.87. The van der Waals surface area contributed by atoms with Gasteiger partial charge in [-0.3, -0.25) is 9.59 Å². The number of nitrogens with one attached hydrogen (secondary N) is 2. The highest BCUT2D eigenvalue weighted by molar-refractivity contribution is 5.93. The molecule has 0 radical (unpaired) electrons. The number of para-hydroxylation sites is 1. The van der Waals surface area contributed by atoms with Gasteiger partial charge in [0.1, 0.15) is 0 Å². The quantitative estimate of drug-likeness (QED) is 0.892. The molecule has 0 fully saturated rings. The zero-order valence-corrected chi connectivity index (χ0v) is 11.9. The van der Waals surface area contributed by atoms with E-state index in [0.29, 0.717) is 11.4 Å². The molecule has 0 aliphatic heterocycles. The molecular formula is C16H15FN2O3. The summed E-state index contributed by atoms with van der Waals surface area (Å²) >= 11 is 0. The van der Waals surface area contributed by atoms with E-state index in [1.807, 2.05) is 0 Å². The van der Waals surface area contributed by atoms with Crippen molar-refractivity contribution in [2.24, 2.45) is 0 Å². The number of halogens is 1. The number of amides is 2. The summed E-state index contributed by atoms with van der Waals surface area (Å²) in [5.74, 6) is -1.07. The van der Waals surface area contributed by atoms with Crippen LogP contribution in [0.25, 0.3) is 0 Å². The van der Waals surface area contributed by atoms with Gasteiger partial charge < -0.3 is 15.4 Å². The molecule has 2 rings (SSSR count). The molecule has 2 aromatic rings. The van der Waals surface area contributed by atoms with Gasteiger partial charge >= 0.3 is 0 Å². The monoisotopic (exact) mass is 302 g/mol. The van der Waals surface area contributed by atoms with Crippen LogP contribution < -0.4 is 15.4 Å². The van der Waals surface area contributed by atoms with Crippen LogP contribution in [-0.2, 0) is 9.59 Å². The van der Waals surface area contributed by atoms with E-state index in [9.17, 15) is 14.0 Å². The van der Waals surface area contributed by atoms with Gasteiger partial charge in [-0.15, -0.1) is 0 Å². The third kappa shape index (κ3) is 4.59. The van der Waals surface area contributed by atoms with Gasteiger partial charge in [-0.2, -0.15) is 0 Å². The standard InChI is InChI=1S/C16H15FN2O3/c1-11(20)18-12-6-8-13(9-7-12)19-16(21)10-22-15-5-3-2-4-14(15)17/h2-9H,10H2,1H3,(H,18,20)(H,19,21). The topological polar surface area (TPSA) is 67.4 Å². The first-order valence-corrected chi connectivity index (χ1v) is 6.59. The predicted octanol–water partition coefficient (Wildman–Crippen LogP) is 2.80. The Morgan fingerprint density at radius 3 is 2.18 bits per heavy atom. The number of anilines is 2. The van der Waals surface area contributed by atoms with Gasteiger partial charge in [-0.1, -0.05) is 12.1 Å². The molecule has 2 aromatic carbocycles. The van der Waals surface area contributed by atoms with Crippen molar-refractivity contribution in [3.63, 3.8) is 0 Å². The highest BCUT2D eigenvalue weighted by Gasteiger charge is 2.06. The van der Waals surface area contributed by atoms with Crippen molar-refractivity contribution in [1.82, 2.24) is 0 Å². The summed E-state index contributed by atoms with van der Waals surface area (Å²) in [4.78, 5) is 22.6. The summed E-state index contributed by atoms with van der Waals surface area (Å²) in [7, 11) is 0. The molecule has 2 N–H and O–H groups in total. The van der Waals surface area contributed by atoms with Crippen LogP contribution in [0.15, 0.2) is 48.5 Å². The Hall–Kier alpha value is -2.89. The molecule has 114 valence electrons. The van der Waals surface area contributed by atoms with Crippen molar-refractivity contribution in [3.8, 4) is 5.75 Å². The van der Waals surface area contributed by atoms with Crippen LogP contribution in [0.1, 0.15) is 6.92 Å². The molecule has 0 unspecified atom stereocenters. The number of ether oxygens (including phenoxy) is 1. The molecule has 0 saturated carbocycles. The number of rotatable bonds is 5. The number of hydrogen-bond donors (Lipinski definition) is 2. The lowest BCUT2D eigenvalue weighted by Crippen LogP contribution is -2.20. The van der Waals surface area contributed by atoms with Gasteiger partial charge in [0.15, 0.2) is 18.2 Å². The SMILES string of the molecule is CC(=O)Nc1ccc(NC(=O)COc2ccccc2F)cc1. The molecule has 0 aliphatic rings. The van der Waals surface area contributed by atoms with Crippen LogP contribution in [0.2, 0.25) is 0 Å². The first-order chi connectivity index (χ1) is 10.5. The molecule has 0 aliphatic carbocycles. The summed E-state index contributed by atoms with van der Waals surface area (Å²) in [5, 5.41) is 5.23. The van der Waals surface area contributed by atoms with E-state index < -0.39 is 11.7 Å². The number of benzene rings is 2. The Morgan fingerprint density at radius 1 is 1.00 bits per heavy atom. The predicted molar refractivity (Wildman–Crippen MR) is 81.3 cm³/mol. The summed E-state index contributed by atoms with van der Waals surface area (Å²) in [6.45, 7) is 1.12. The minimum Gasteiger partial charge on any atom is -0.481 e. The average molecular weight is 302 g/mol. The number of carbonyl (C=O) groups excluding carboxylic acids is 2. The molecule has 5 nitrogen and oxygen atoms in total. The van der Waals surface area contributed by atoms with Crippen LogP contribution in [0.3, 0.4) is 0 Å². The van der Waals surface area contributed by atoms with E-state index in [4.69, 9.17) is 4.74 Å². The molecule has 0 atom stereocenters. The number of hydrogen-bond acceptors (Lipinski definition) is 3. The summed E-state index contributed by atoms with van der Waals surface area (Å²) < 4.78 is 18.4. The summed E-state index contributed by atoms with van der Waals surface area (Å²) in [6, 6.07) is 12.5. The minimum atomic E-state index is -0.519. The summed E-state index contributed by atoms with van der Waals surface area (Å²) in [6.07, 6.45) is 0. The van der Waals surface area contributed by atoms with Gasteiger partial charge in [0.05, 0.1) is 0 Å². The fourth-order valence-electron chi connectivity index (χ4n) is 1.74. The van der Waals surface area contributed by atoms with E-state index in [2.05, 4.69) is 10.6 Å². The minimum absolute atomic E-state index is 0.0265. The van der Waals surface area contributed by atoms with Crippen LogP contribution >= 0.6 is 0 Å². The molecule has 0 aromatic heterocycles. The Morgan fingerprint density at radius 2 is 1.59 bits per heavy atom. The van der Waals surface area contributed by atoms with Crippen molar-refractivity contribution in [2.75, 3.05) is 17.2 Å². The smallest absolute Gasteiger partial charge is 0.262 e. The molecule has 0 spiro atoms.